The molecule has 0 radical (unpaired) electrons. The molecule has 1 fully saturated rings. The second-order valence-electron chi connectivity index (χ2n) is 8.83. The van der Waals surface area contributed by atoms with Gasteiger partial charge in [-0.1, -0.05) is 48.7 Å². The molecule has 3 rings (SSSR count). The predicted octanol–water partition coefficient (Wildman–Crippen LogP) is 6.40. The Labute approximate surface area is 202 Å². The van der Waals surface area contributed by atoms with Crippen molar-refractivity contribution in [3.63, 3.8) is 0 Å². The van der Waals surface area contributed by atoms with Crippen molar-refractivity contribution in [3.05, 3.63) is 70.0 Å². The van der Waals surface area contributed by atoms with Gasteiger partial charge in [0.25, 0.3) is 0 Å². The Morgan fingerprint density at radius 3 is 2.54 bits per heavy atom. The second-order valence-corrected chi connectivity index (χ2v) is 8.83. The number of nitrogens with one attached hydrogen (secondary N) is 1. The lowest BCUT2D eigenvalue weighted by molar-refractivity contribution is -0.139. The van der Waals surface area contributed by atoms with Crippen LogP contribution in [0.2, 0.25) is 0 Å². The molecule has 35 heavy (non-hydrogen) atoms. The first kappa shape index (κ1) is 26.7. The average molecular weight is 495 g/mol. The van der Waals surface area contributed by atoms with Crippen LogP contribution in [-0.4, -0.2) is 23.3 Å². The van der Waals surface area contributed by atoms with Crippen molar-refractivity contribution in [2.45, 2.75) is 70.7 Å². The molecule has 2 aromatic carbocycles. The van der Waals surface area contributed by atoms with E-state index in [4.69, 9.17) is 9.94 Å². The minimum Gasteiger partial charge on any atom is -0.481 e. The van der Waals surface area contributed by atoms with E-state index in [2.05, 4.69) is 10.5 Å². The van der Waals surface area contributed by atoms with Crippen molar-refractivity contribution in [2.24, 2.45) is 5.16 Å². The molecule has 1 aliphatic rings. The molecule has 0 spiro atoms. The van der Waals surface area contributed by atoms with Crippen LogP contribution < -0.4 is 5.32 Å². The Bertz CT molecular complexity index is 1050. The van der Waals surface area contributed by atoms with Crippen molar-refractivity contribution in [3.8, 4) is 0 Å². The first-order valence-corrected chi connectivity index (χ1v) is 11.7. The van der Waals surface area contributed by atoms with Gasteiger partial charge in [0.2, 0.25) is 0 Å². The minimum atomic E-state index is -4.44. The molecule has 1 aliphatic carbocycles. The van der Waals surface area contributed by atoms with Crippen LogP contribution in [0.5, 0.6) is 0 Å². The molecule has 9 heteroatoms. The van der Waals surface area contributed by atoms with Gasteiger partial charge in [-0.05, 0) is 48.9 Å². The highest BCUT2D eigenvalue weighted by atomic mass is 19.4. The zero-order valence-corrected chi connectivity index (χ0v) is 19.6. The van der Waals surface area contributed by atoms with Crippen molar-refractivity contribution in [2.75, 3.05) is 6.54 Å². The number of alkyl halides is 3. The zero-order valence-electron chi connectivity index (χ0n) is 19.6. The van der Waals surface area contributed by atoms with Crippen molar-refractivity contribution >= 4 is 11.7 Å². The van der Waals surface area contributed by atoms with Gasteiger partial charge in [0.1, 0.15) is 12.4 Å². The predicted molar refractivity (Wildman–Crippen MR) is 125 cm³/mol. The fraction of sp³-hybridized carbons (Fsp3) is 0.462. The van der Waals surface area contributed by atoms with E-state index in [9.17, 15) is 22.4 Å². The SMILES string of the molecule is C/C(=N\OCc1ccc(C2CCCCC2)c(C(F)(F)F)c1)c1ccc(CNCCC(=O)O)c(F)c1. The van der Waals surface area contributed by atoms with Gasteiger partial charge in [-0.3, -0.25) is 4.79 Å². The number of carbonyl (C=O) groups is 1. The van der Waals surface area contributed by atoms with E-state index in [1.807, 2.05) is 0 Å². The van der Waals surface area contributed by atoms with Crippen LogP contribution in [0.4, 0.5) is 17.6 Å². The van der Waals surface area contributed by atoms with E-state index in [0.29, 0.717) is 28.0 Å². The third kappa shape index (κ3) is 7.78. The van der Waals surface area contributed by atoms with Crippen LogP contribution in [-0.2, 0) is 29.0 Å². The standard InChI is InChI=1S/C26H30F4N2O3/c1-17(20-8-9-21(24(27)14-20)15-31-12-11-25(33)34)32-35-16-18-7-10-22(19-5-3-2-4-6-19)23(13-18)26(28,29)30/h7-10,13-14,19,31H,2-6,11-12,15-16H2,1H3,(H,33,34)/b32-17+. The summed E-state index contributed by atoms with van der Waals surface area (Å²) in [5.41, 5.74) is 1.34. The Hall–Kier alpha value is -2.94. The van der Waals surface area contributed by atoms with E-state index < -0.39 is 23.5 Å². The number of carboxylic acid groups (broad SMARTS) is 1. The Morgan fingerprint density at radius 2 is 1.89 bits per heavy atom. The lowest BCUT2D eigenvalue weighted by atomic mass is 9.81. The van der Waals surface area contributed by atoms with E-state index in [0.717, 1.165) is 38.2 Å². The van der Waals surface area contributed by atoms with Crippen molar-refractivity contribution in [1.29, 1.82) is 0 Å². The summed E-state index contributed by atoms with van der Waals surface area (Å²) in [4.78, 5) is 15.8. The summed E-state index contributed by atoms with van der Waals surface area (Å²) in [6, 6.07) is 8.86. The highest BCUT2D eigenvalue weighted by molar-refractivity contribution is 5.98. The van der Waals surface area contributed by atoms with Gasteiger partial charge in [0, 0.05) is 24.2 Å². The van der Waals surface area contributed by atoms with Gasteiger partial charge >= 0.3 is 12.1 Å². The van der Waals surface area contributed by atoms with E-state index in [1.165, 1.54) is 6.07 Å². The molecule has 0 unspecified atom stereocenters. The number of halogens is 4. The normalized spacial score (nSPS) is 15.3. The van der Waals surface area contributed by atoms with Gasteiger partial charge in [-0.15, -0.1) is 0 Å². The first-order valence-electron chi connectivity index (χ1n) is 11.7. The molecular formula is C26H30F4N2O3. The van der Waals surface area contributed by atoms with Crippen molar-refractivity contribution in [1.82, 2.24) is 5.32 Å². The molecule has 5 nitrogen and oxygen atoms in total. The quantitative estimate of drug-likeness (QED) is 0.174. The van der Waals surface area contributed by atoms with Gasteiger partial charge < -0.3 is 15.3 Å². The van der Waals surface area contributed by atoms with Crippen LogP contribution >= 0.6 is 0 Å². The molecule has 0 saturated heterocycles. The highest BCUT2D eigenvalue weighted by Crippen LogP contribution is 2.41. The minimum absolute atomic E-state index is 0.0589. The maximum Gasteiger partial charge on any atom is 0.416 e. The molecule has 0 aromatic heterocycles. The molecule has 1 saturated carbocycles. The van der Waals surface area contributed by atoms with Crippen LogP contribution in [0.3, 0.4) is 0 Å². The number of nitrogens with zero attached hydrogens (tertiary/aromatic N) is 1. The molecule has 2 aromatic rings. The molecule has 0 amide bonds. The Morgan fingerprint density at radius 1 is 1.14 bits per heavy atom. The Kier molecular flexibility index (Phi) is 9.26. The van der Waals surface area contributed by atoms with Gasteiger partial charge in [0.15, 0.2) is 0 Å². The molecule has 2 N–H and O–H groups in total. The molecule has 190 valence electrons. The number of rotatable bonds is 10. The summed E-state index contributed by atoms with van der Waals surface area (Å²) in [5, 5.41) is 15.4. The van der Waals surface area contributed by atoms with Crippen LogP contribution in [0, 0.1) is 5.82 Å². The number of hydrogen-bond acceptors (Lipinski definition) is 4. The van der Waals surface area contributed by atoms with Crippen LogP contribution in [0.25, 0.3) is 0 Å². The monoisotopic (exact) mass is 494 g/mol. The van der Waals surface area contributed by atoms with Gasteiger partial charge in [0.05, 0.1) is 17.7 Å². The van der Waals surface area contributed by atoms with E-state index in [-0.39, 0.29) is 32.0 Å². The van der Waals surface area contributed by atoms with Crippen LogP contribution in [0.1, 0.15) is 79.2 Å². The Balaban J connectivity index is 1.63. The summed E-state index contributed by atoms with van der Waals surface area (Å²) in [6.45, 7) is 1.89. The summed E-state index contributed by atoms with van der Waals surface area (Å²) in [7, 11) is 0. The van der Waals surface area contributed by atoms with E-state index in [1.54, 1.807) is 31.2 Å². The summed E-state index contributed by atoms with van der Waals surface area (Å²) >= 11 is 0. The number of oxime groups is 1. The third-order valence-corrected chi connectivity index (χ3v) is 6.20. The maximum atomic E-state index is 14.4. The molecule has 0 bridgehead atoms. The number of aliphatic carboxylic acids is 1. The molecule has 0 aliphatic heterocycles. The smallest absolute Gasteiger partial charge is 0.416 e. The summed E-state index contributed by atoms with van der Waals surface area (Å²) < 4.78 is 55.5. The fourth-order valence-corrected chi connectivity index (χ4v) is 4.30. The zero-order chi connectivity index (χ0) is 25.4. The molecule has 0 heterocycles. The molecular weight excluding hydrogens is 464 g/mol. The lowest BCUT2D eigenvalue weighted by Gasteiger charge is -2.25. The maximum absolute atomic E-state index is 14.4. The summed E-state index contributed by atoms with van der Waals surface area (Å²) in [6.07, 6.45) is 0.0112. The number of hydrogen-bond donors (Lipinski definition) is 2. The van der Waals surface area contributed by atoms with Gasteiger partial charge in [-0.25, -0.2) is 4.39 Å². The summed E-state index contributed by atoms with van der Waals surface area (Å²) in [5.74, 6) is -1.48. The number of benzene rings is 2. The topological polar surface area (TPSA) is 70.9 Å². The van der Waals surface area contributed by atoms with Crippen molar-refractivity contribution < 1.29 is 32.3 Å². The van der Waals surface area contributed by atoms with Crippen LogP contribution in [0.15, 0.2) is 41.6 Å². The first-order chi connectivity index (χ1) is 16.6. The average Bonchev–Trinajstić information content (AvgIpc) is 2.82. The highest BCUT2D eigenvalue weighted by Gasteiger charge is 2.35. The lowest BCUT2D eigenvalue weighted by Crippen LogP contribution is -2.18. The molecule has 0 atom stereocenters. The third-order valence-electron chi connectivity index (χ3n) is 6.20. The fourth-order valence-electron chi connectivity index (χ4n) is 4.30. The second kappa shape index (κ2) is 12.2. The van der Waals surface area contributed by atoms with E-state index >= 15 is 0 Å². The van der Waals surface area contributed by atoms with Gasteiger partial charge in [-0.2, -0.15) is 13.2 Å². The number of carboxylic acids is 1. The largest absolute Gasteiger partial charge is 0.481 e.